The number of nitrogens with zero attached hydrogens (tertiary/aromatic N) is 2. The summed E-state index contributed by atoms with van der Waals surface area (Å²) in [4.78, 5) is 11.8. The molecule has 0 saturated carbocycles. The first-order valence-electron chi connectivity index (χ1n) is 6.89. The molecule has 0 atom stereocenters. The molecule has 0 aliphatic rings. The first kappa shape index (κ1) is 17.2. The van der Waals surface area contributed by atoms with Crippen LogP contribution in [0.25, 0.3) is 6.08 Å². The van der Waals surface area contributed by atoms with Crippen LogP contribution in [0.5, 0.6) is 11.5 Å². The van der Waals surface area contributed by atoms with Gasteiger partial charge in [-0.1, -0.05) is 29.9 Å². The molecule has 0 spiro atoms. The molecule has 1 heterocycles. The van der Waals surface area contributed by atoms with Gasteiger partial charge in [0.2, 0.25) is 11.0 Å². The number of anilines is 1. The Labute approximate surface area is 143 Å². The molecule has 8 heteroatoms. The average molecular weight is 354 g/mol. The average Bonchev–Trinajstić information content (AvgIpc) is 3.04. The normalized spacial score (nSPS) is 10.7. The number of hydrogen-bond acceptors (Lipinski definition) is 6. The number of nitrogens with one attached hydrogen (secondary N) is 1. The molecule has 0 saturated heterocycles. The highest BCUT2D eigenvalue weighted by Gasteiger charge is 2.11. The fourth-order valence-electron chi connectivity index (χ4n) is 1.73. The zero-order chi connectivity index (χ0) is 16.7. The SMILES string of the molecule is CCCOc1c(Cl)cc(C=CC(=O)Nc2nncs2)cc1OC. The molecule has 23 heavy (non-hydrogen) atoms. The van der Waals surface area contributed by atoms with Crippen molar-refractivity contribution in [2.24, 2.45) is 0 Å². The number of aromatic nitrogens is 2. The van der Waals surface area contributed by atoms with Crippen LogP contribution in [-0.4, -0.2) is 29.8 Å². The van der Waals surface area contributed by atoms with Crippen LogP contribution in [-0.2, 0) is 4.79 Å². The molecule has 0 aliphatic carbocycles. The van der Waals surface area contributed by atoms with Crippen LogP contribution in [0.15, 0.2) is 23.7 Å². The van der Waals surface area contributed by atoms with E-state index < -0.39 is 0 Å². The van der Waals surface area contributed by atoms with Crippen LogP contribution in [0, 0.1) is 0 Å². The van der Waals surface area contributed by atoms with Gasteiger partial charge >= 0.3 is 0 Å². The summed E-state index contributed by atoms with van der Waals surface area (Å²) in [6, 6.07) is 3.47. The Hall–Kier alpha value is -2.12. The quantitative estimate of drug-likeness (QED) is 0.769. The number of methoxy groups -OCH3 is 1. The van der Waals surface area contributed by atoms with Gasteiger partial charge in [-0.2, -0.15) is 0 Å². The van der Waals surface area contributed by atoms with E-state index in [0.29, 0.717) is 28.3 Å². The van der Waals surface area contributed by atoms with E-state index in [9.17, 15) is 4.79 Å². The van der Waals surface area contributed by atoms with Crippen LogP contribution >= 0.6 is 22.9 Å². The predicted octanol–water partition coefficient (Wildman–Crippen LogP) is 3.64. The highest BCUT2D eigenvalue weighted by Crippen LogP contribution is 2.36. The molecule has 0 aliphatic heterocycles. The predicted molar refractivity (Wildman–Crippen MR) is 91.4 cm³/mol. The van der Waals surface area contributed by atoms with Crippen LogP contribution in [0.2, 0.25) is 5.02 Å². The van der Waals surface area contributed by atoms with Crippen molar-refractivity contribution < 1.29 is 14.3 Å². The van der Waals surface area contributed by atoms with E-state index >= 15 is 0 Å². The topological polar surface area (TPSA) is 73.3 Å². The number of benzene rings is 1. The molecule has 1 aromatic carbocycles. The van der Waals surface area contributed by atoms with Gasteiger partial charge in [-0.05, 0) is 30.2 Å². The summed E-state index contributed by atoms with van der Waals surface area (Å²) in [6.07, 6.45) is 3.89. The Morgan fingerprint density at radius 3 is 2.96 bits per heavy atom. The van der Waals surface area contributed by atoms with Gasteiger partial charge in [-0.25, -0.2) is 0 Å². The molecule has 0 radical (unpaired) electrons. The summed E-state index contributed by atoms with van der Waals surface area (Å²) < 4.78 is 10.9. The highest BCUT2D eigenvalue weighted by atomic mass is 35.5. The Morgan fingerprint density at radius 2 is 2.30 bits per heavy atom. The molecule has 2 rings (SSSR count). The van der Waals surface area contributed by atoms with Crippen molar-refractivity contribution in [3.05, 3.63) is 34.3 Å². The number of carbonyl (C=O) groups is 1. The fourth-order valence-corrected chi connectivity index (χ4v) is 2.45. The Bertz CT molecular complexity index is 690. The van der Waals surface area contributed by atoms with Crippen LogP contribution < -0.4 is 14.8 Å². The minimum Gasteiger partial charge on any atom is -0.493 e. The zero-order valence-electron chi connectivity index (χ0n) is 12.7. The largest absolute Gasteiger partial charge is 0.493 e. The summed E-state index contributed by atoms with van der Waals surface area (Å²) in [5.41, 5.74) is 2.27. The van der Waals surface area contributed by atoms with Crippen molar-refractivity contribution in [3.63, 3.8) is 0 Å². The third-order valence-electron chi connectivity index (χ3n) is 2.72. The van der Waals surface area contributed by atoms with Crippen LogP contribution in [0.4, 0.5) is 5.13 Å². The van der Waals surface area contributed by atoms with Crippen molar-refractivity contribution in [3.8, 4) is 11.5 Å². The van der Waals surface area contributed by atoms with E-state index in [1.807, 2.05) is 6.92 Å². The molecule has 6 nitrogen and oxygen atoms in total. The van der Waals surface area contributed by atoms with Crippen molar-refractivity contribution >= 4 is 40.1 Å². The molecule has 1 amide bonds. The summed E-state index contributed by atoms with van der Waals surface area (Å²) in [7, 11) is 1.54. The number of ether oxygens (including phenoxy) is 2. The molecule has 1 N–H and O–H groups in total. The molecule has 2 aromatic rings. The smallest absolute Gasteiger partial charge is 0.250 e. The monoisotopic (exact) mass is 353 g/mol. The van der Waals surface area contributed by atoms with Crippen LogP contribution in [0.1, 0.15) is 18.9 Å². The van der Waals surface area contributed by atoms with Crippen molar-refractivity contribution in [2.45, 2.75) is 13.3 Å². The molecule has 0 unspecified atom stereocenters. The van der Waals surface area contributed by atoms with E-state index in [0.717, 1.165) is 12.0 Å². The maximum Gasteiger partial charge on any atom is 0.250 e. The lowest BCUT2D eigenvalue weighted by molar-refractivity contribution is -0.111. The molecular weight excluding hydrogens is 338 g/mol. The van der Waals surface area contributed by atoms with Crippen molar-refractivity contribution in [1.29, 1.82) is 0 Å². The Kier molecular flexibility index (Phi) is 6.37. The second-order valence-corrected chi connectivity index (χ2v) is 5.69. The second kappa shape index (κ2) is 8.50. The number of rotatable bonds is 7. The molecular formula is C15H16ClN3O3S. The van der Waals surface area contributed by atoms with E-state index in [1.54, 1.807) is 30.8 Å². The summed E-state index contributed by atoms with van der Waals surface area (Å²) in [5.74, 6) is 0.727. The van der Waals surface area contributed by atoms with E-state index in [2.05, 4.69) is 15.5 Å². The number of carbonyl (C=O) groups excluding carboxylic acids is 1. The third-order valence-corrected chi connectivity index (χ3v) is 3.61. The summed E-state index contributed by atoms with van der Waals surface area (Å²) in [6.45, 7) is 2.56. The zero-order valence-corrected chi connectivity index (χ0v) is 14.3. The first-order valence-corrected chi connectivity index (χ1v) is 8.15. The van der Waals surface area contributed by atoms with E-state index in [-0.39, 0.29) is 5.91 Å². The van der Waals surface area contributed by atoms with Crippen LogP contribution in [0.3, 0.4) is 0 Å². The second-order valence-electron chi connectivity index (χ2n) is 4.45. The lowest BCUT2D eigenvalue weighted by Crippen LogP contribution is -2.07. The lowest BCUT2D eigenvalue weighted by atomic mass is 10.2. The molecule has 122 valence electrons. The summed E-state index contributed by atoms with van der Waals surface area (Å²) in [5, 5.41) is 10.9. The molecule has 0 fully saturated rings. The summed E-state index contributed by atoms with van der Waals surface area (Å²) >= 11 is 7.47. The van der Waals surface area contributed by atoms with Crippen molar-refractivity contribution in [1.82, 2.24) is 10.2 Å². The maximum atomic E-state index is 11.8. The van der Waals surface area contributed by atoms with Gasteiger partial charge < -0.3 is 9.47 Å². The first-order chi connectivity index (χ1) is 11.1. The number of amides is 1. The highest BCUT2D eigenvalue weighted by molar-refractivity contribution is 7.13. The van der Waals surface area contributed by atoms with E-state index in [4.69, 9.17) is 21.1 Å². The maximum absolute atomic E-state index is 11.8. The van der Waals surface area contributed by atoms with Gasteiger partial charge in [-0.15, -0.1) is 10.2 Å². The molecule has 1 aromatic heterocycles. The fraction of sp³-hybridized carbons (Fsp3) is 0.267. The standard InChI is InChI=1S/C15H16ClN3O3S/c1-3-6-22-14-11(16)7-10(8-12(14)21-2)4-5-13(20)18-15-19-17-9-23-15/h4-5,7-9H,3,6H2,1-2H3,(H,18,19,20). The Morgan fingerprint density at radius 1 is 1.48 bits per heavy atom. The minimum absolute atomic E-state index is 0.303. The third kappa shape index (κ3) is 4.94. The minimum atomic E-state index is -0.303. The van der Waals surface area contributed by atoms with E-state index in [1.165, 1.54) is 17.4 Å². The van der Waals surface area contributed by atoms with Gasteiger partial charge in [0, 0.05) is 6.08 Å². The Balaban J connectivity index is 2.11. The number of hydrogen-bond donors (Lipinski definition) is 1. The van der Waals surface area contributed by atoms with Gasteiger partial charge in [-0.3, -0.25) is 10.1 Å². The lowest BCUT2D eigenvalue weighted by Gasteiger charge is -2.12. The van der Waals surface area contributed by atoms with Gasteiger partial charge in [0.1, 0.15) is 5.51 Å². The van der Waals surface area contributed by atoms with Gasteiger partial charge in [0.25, 0.3) is 0 Å². The molecule has 0 bridgehead atoms. The van der Waals surface area contributed by atoms with Gasteiger partial charge in [0.15, 0.2) is 11.5 Å². The van der Waals surface area contributed by atoms with Gasteiger partial charge in [0.05, 0.1) is 18.7 Å². The number of halogens is 1. The van der Waals surface area contributed by atoms with Crippen molar-refractivity contribution in [2.75, 3.05) is 19.0 Å².